The zero-order valence-electron chi connectivity index (χ0n) is 13.6. The molecular weight excluding hydrogens is 308 g/mol. The molecule has 5 heteroatoms. The van der Waals surface area contributed by atoms with E-state index < -0.39 is 11.9 Å². The molecule has 0 N–H and O–H groups in total. The predicted molar refractivity (Wildman–Crippen MR) is 88.5 cm³/mol. The Morgan fingerprint density at radius 2 is 1.42 bits per heavy atom. The van der Waals surface area contributed by atoms with Gasteiger partial charge in [0.15, 0.2) is 0 Å². The van der Waals surface area contributed by atoms with Crippen molar-refractivity contribution in [3.05, 3.63) is 59.7 Å². The van der Waals surface area contributed by atoms with Crippen LogP contribution >= 0.6 is 0 Å². The van der Waals surface area contributed by atoms with Crippen molar-refractivity contribution in [2.45, 2.75) is 20.3 Å². The van der Waals surface area contributed by atoms with Crippen molar-refractivity contribution in [2.24, 2.45) is 0 Å². The van der Waals surface area contributed by atoms with Gasteiger partial charge in [0.25, 0.3) is 0 Å². The molecule has 0 atom stereocenters. The minimum Gasteiger partial charge on any atom is -0.462 e. The van der Waals surface area contributed by atoms with Gasteiger partial charge in [-0.25, -0.2) is 9.59 Å². The second-order valence-corrected chi connectivity index (χ2v) is 5.18. The minimum atomic E-state index is -0.706. The number of ether oxygens (including phenoxy) is 2. The van der Waals surface area contributed by atoms with Crippen LogP contribution in [0.2, 0.25) is 0 Å². The Labute approximate surface area is 140 Å². The van der Waals surface area contributed by atoms with Crippen LogP contribution in [0.15, 0.2) is 48.5 Å². The maximum Gasteiger partial charge on any atom is 0.345 e. The Balaban J connectivity index is 2.27. The van der Waals surface area contributed by atoms with E-state index in [-0.39, 0.29) is 11.5 Å². The molecule has 0 amide bonds. The van der Waals surface area contributed by atoms with Gasteiger partial charge in [0.2, 0.25) is 0 Å². The van der Waals surface area contributed by atoms with Crippen LogP contribution in [0.5, 0.6) is 0 Å². The van der Waals surface area contributed by atoms with Crippen molar-refractivity contribution < 1.29 is 23.9 Å². The van der Waals surface area contributed by atoms with Crippen molar-refractivity contribution in [1.29, 1.82) is 0 Å². The molecule has 0 bridgehead atoms. The molecule has 5 nitrogen and oxygen atoms in total. The van der Waals surface area contributed by atoms with Gasteiger partial charge in [-0.05, 0) is 41.8 Å². The smallest absolute Gasteiger partial charge is 0.345 e. The van der Waals surface area contributed by atoms with Crippen LogP contribution in [0.3, 0.4) is 0 Å². The summed E-state index contributed by atoms with van der Waals surface area (Å²) in [5.74, 6) is -1.75. The molecule has 0 aromatic heterocycles. The molecule has 2 aromatic rings. The molecule has 0 spiro atoms. The molecule has 0 aliphatic carbocycles. The van der Waals surface area contributed by atoms with Crippen LogP contribution < -0.4 is 0 Å². The molecular formula is C19H18O5. The topological polar surface area (TPSA) is 69.7 Å². The van der Waals surface area contributed by atoms with E-state index in [1.54, 1.807) is 42.5 Å². The number of hydrogen-bond donors (Lipinski definition) is 0. The highest BCUT2D eigenvalue weighted by molar-refractivity contribution is 5.97. The summed E-state index contributed by atoms with van der Waals surface area (Å²) in [5.41, 5.74) is 2.20. The molecule has 0 aliphatic rings. The monoisotopic (exact) mass is 326 g/mol. The molecule has 124 valence electrons. The van der Waals surface area contributed by atoms with Gasteiger partial charge in [0, 0.05) is 6.92 Å². The maximum atomic E-state index is 11.9. The Bertz CT molecular complexity index is 764. The largest absolute Gasteiger partial charge is 0.462 e. The van der Waals surface area contributed by atoms with Crippen molar-refractivity contribution >= 4 is 17.9 Å². The van der Waals surface area contributed by atoms with Crippen LogP contribution in [0, 0.1) is 0 Å². The van der Waals surface area contributed by atoms with Crippen LogP contribution in [0.25, 0.3) is 11.1 Å². The van der Waals surface area contributed by atoms with Gasteiger partial charge >= 0.3 is 17.9 Å². The van der Waals surface area contributed by atoms with Crippen molar-refractivity contribution in [2.75, 3.05) is 6.61 Å². The van der Waals surface area contributed by atoms with Gasteiger partial charge in [0.1, 0.15) is 0 Å². The molecule has 0 aliphatic heterocycles. The molecule has 24 heavy (non-hydrogen) atoms. The average Bonchev–Trinajstić information content (AvgIpc) is 2.59. The van der Waals surface area contributed by atoms with Crippen LogP contribution in [-0.2, 0) is 14.3 Å². The van der Waals surface area contributed by atoms with Gasteiger partial charge in [-0.2, -0.15) is 0 Å². The fraction of sp³-hybridized carbons (Fsp3) is 0.211. The summed E-state index contributed by atoms with van der Waals surface area (Å²) in [6, 6.07) is 13.6. The normalized spacial score (nSPS) is 10.1. The highest BCUT2D eigenvalue weighted by Gasteiger charge is 2.12. The Morgan fingerprint density at radius 1 is 0.875 bits per heavy atom. The quantitative estimate of drug-likeness (QED) is 0.620. The Hall–Kier alpha value is -2.95. The Kier molecular flexibility index (Phi) is 5.84. The first-order valence-electron chi connectivity index (χ1n) is 7.61. The summed E-state index contributed by atoms with van der Waals surface area (Å²) >= 11 is 0. The van der Waals surface area contributed by atoms with E-state index in [4.69, 9.17) is 4.74 Å². The van der Waals surface area contributed by atoms with E-state index in [1.165, 1.54) is 6.92 Å². The van der Waals surface area contributed by atoms with E-state index in [1.807, 2.05) is 13.0 Å². The van der Waals surface area contributed by atoms with Gasteiger partial charge < -0.3 is 9.47 Å². The lowest BCUT2D eigenvalue weighted by Gasteiger charge is -2.07. The van der Waals surface area contributed by atoms with E-state index in [0.29, 0.717) is 12.2 Å². The molecule has 2 aromatic carbocycles. The SMILES string of the molecule is CCCOC(=O)c1cccc(-c2cccc(C(=O)OC(C)=O)c2)c1. The van der Waals surface area contributed by atoms with Gasteiger partial charge in [-0.1, -0.05) is 31.2 Å². The summed E-state index contributed by atoms with van der Waals surface area (Å²) in [4.78, 5) is 34.7. The van der Waals surface area contributed by atoms with Gasteiger partial charge in [-0.3, -0.25) is 4.79 Å². The summed E-state index contributed by atoms with van der Waals surface area (Å²) in [6.07, 6.45) is 0.756. The van der Waals surface area contributed by atoms with Crippen LogP contribution in [0.4, 0.5) is 0 Å². The third-order valence-corrected chi connectivity index (χ3v) is 3.20. The standard InChI is InChI=1S/C19H18O5/c1-3-10-23-18(21)16-8-4-6-14(11-16)15-7-5-9-17(12-15)19(22)24-13(2)20/h4-9,11-12H,3,10H2,1-2H3. The van der Waals surface area contributed by atoms with Crippen molar-refractivity contribution in [3.63, 3.8) is 0 Å². The molecule has 0 saturated heterocycles. The summed E-state index contributed by atoms with van der Waals surface area (Å²) in [7, 11) is 0. The number of benzene rings is 2. The first-order valence-corrected chi connectivity index (χ1v) is 7.61. The summed E-state index contributed by atoms with van der Waals surface area (Å²) in [5, 5.41) is 0. The van der Waals surface area contributed by atoms with E-state index in [2.05, 4.69) is 4.74 Å². The fourth-order valence-corrected chi connectivity index (χ4v) is 2.12. The number of hydrogen-bond acceptors (Lipinski definition) is 5. The predicted octanol–water partition coefficient (Wildman–Crippen LogP) is 3.62. The number of carbonyl (C=O) groups excluding carboxylic acids is 3. The van der Waals surface area contributed by atoms with Gasteiger partial charge in [-0.15, -0.1) is 0 Å². The molecule has 0 heterocycles. The number of rotatable bonds is 5. The minimum absolute atomic E-state index is 0.265. The molecule has 0 saturated carbocycles. The van der Waals surface area contributed by atoms with Crippen LogP contribution in [0.1, 0.15) is 41.0 Å². The molecule has 0 fully saturated rings. The molecule has 0 unspecified atom stereocenters. The highest BCUT2D eigenvalue weighted by atomic mass is 16.6. The number of carbonyl (C=O) groups is 3. The lowest BCUT2D eigenvalue weighted by molar-refractivity contribution is -0.135. The third kappa shape index (κ3) is 4.52. The lowest BCUT2D eigenvalue weighted by atomic mass is 10.0. The zero-order valence-corrected chi connectivity index (χ0v) is 13.6. The summed E-state index contributed by atoms with van der Waals surface area (Å²) < 4.78 is 9.70. The maximum absolute atomic E-state index is 11.9. The number of esters is 3. The first-order chi connectivity index (χ1) is 11.5. The fourth-order valence-electron chi connectivity index (χ4n) is 2.12. The average molecular weight is 326 g/mol. The molecule has 2 rings (SSSR count). The van der Waals surface area contributed by atoms with Crippen molar-refractivity contribution in [1.82, 2.24) is 0 Å². The zero-order chi connectivity index (χ0) is 17.5. The van der Waals surface area contributed by atoms with Gasteiger partial charge in [0.05, 0.1) is 17.7 Å². The Morgan fingerprint density at radius 3 is 1.92 bits per heavy atom. The second-order valence-electron chi connectivity index (χ2n) is 5.18. The first kappa shape index (κ1) is 17.4. The lowest BCUT2D eigenvalue weighted by Crippen LogP contribution is -2.09. The third-order valence-electron chi connectivity index (χ3n) is 3.20. The summed E-state index contributed by atoms with van der Waals surface area (Å²) in [6.45, 7) is 3.47. The highest BCUT2D eigenvalue weighted by Crippen LogP contribution is 2.22. The van der Waals surface area contributed by atoms with E-state index in [9.17, 15) is 14.4 Å². The van der Waals surface area contributed by atoms with Crippen molar-refractivity contribution in [3.8, 4) is 11.1 Å². The van der Waals surface area contributed by atoms with Crippen LogP contribution in [-0.4, -0.2) is 24.5 Å². The second kappa shape index (κ2) is 8.06. The molecule has 0 radical (unpaired) electrons. The van der Waals surface area contributed by atoms with E-state index in [0.717, 1.165) is 17.5 Å². The van der Waals surface area contributed by atoms with E-state index >= 15 is 0 Å².